The predicted molar refractivity (Wildman–Crippen MR) is 88.6 cm³/mol. The van der Waals surface area contributed by atoms with Crippen molar-refractivity contribution in [1.29, 1.82) is 0 Å². The topological polar surface area (TPSA) is 101 Å². The second-order valence-electron chi connectivity index (χ2n) is 7.28. The van der Waals surface area contributed by atoms with Crippen molar-refractivity contribution >= 4 is 5.84 Å². The summed E-state index contributed by atoms with van der Waals surface area (Å²) in [5, 5.41) is 9.91. The zero-order valence-electron chi connectivity index (χ0n) is 14.1. The highest BCUT2D eigenvalue weighted by molar-refractivity contribution is 5.99. The Balaban J connectivity index is 1.95. The largest absolute Gasteiger partial charge is 0.401 e. The lowest BCUT2D eigenvalue weighted by Crippen LogP contribution is -2.34. The van der Waals surface area contributed by atoms with Gasteiger partial charge in [-0.3, -0.25) is 4.99 Å². The molecule has 2 atom stereocenters. The summed E-state index contributed by atoms with van der Waals surface area (Å²) in [5.41, 5.74) is 7.88. The monoisotopic (exact) mass is 358 g/mol. The molecule has 1 heterocycles. The van der Waals surface area contributed by atoms with Crippen LogP contribution in [-0.2, 0) is 0 Å². The molecule has 0 radical (unpaired) electrons. The van der Waals surface area contributed by atoms with Crippen molar-refractivity contribution in [2.75, 3.05) is 13.1 Å². The van der Waals surface area contributed by atoms with Crippen LogP contribution in [0.15, 0.2) is 26.6 Å². The molecule has 0 aromatic carbocycles. The van der Waals surface area contributed by atoms with E-state index in [-0.39, 0.29) is 24.3 Å². The molecular formula is C16H25F3N6. The van der Waals surface area contributed by atoms with E-state index in [1.165, 1.54) is 0 Å². The molecule has 0 aromatic heterocycles. The first-order valence-corrected chi connectivity index (χ1v) is 8.83. The van der Waals surface area contributed by atoms with Gasteiger partial charge in [-0.05, 0) is 32.1 Å². The lowest BCUT2D eigenvalue weighted by atomic mass is 9.72. The fraction of sp³-hybridized carbons (Fsp3) is 0.812. The molecule has 6 nitrogen and oxygen atoms in total. The van der Waals surface area contributed by atoms with Gasteiger partial charge in [0.25, 0.3) is 0 Å². The Morgan fingerprint density at radius 1 is 1.12 bits per heavy atom. The van der Waals surface area contributed by atoms with E-state index in [2.05, 4.69) is 20.6 Å². The second kappa shape index (κ2) is 6.93. The molecule has 0 amide bonds. The van der Waals surface area contributed by atoms with Crippen molar-refractivity contribution in [1.82, 2.24) is 5.32 Å². The maximum atomic E-state index is 13.2. The highest BCUT2D eigenvalue weighted by Crippen LogP contribution is 2.50. The molecular weight excluding hydrogens is 333 g/mol. The average Bonchev–Trinajstić information content (AvgIpc) is 3.19. The van der Waals surface area contributed by atoms with Crippen LogP contribution in [0.1, 0.15) is 44.9 Å². The average molecular weight is 358 g/mol. The van der Waals surface area contributed by atoms with Gasteiger partial charge in [-0.15, -0.1) is 5.11 Å². The fourth-order valence-corrected chi connectivity index (χ4v) is 4.51. The van der Waals surface area contributed by atoms with Crippen molar-refractivity contribution in [3.05, 3.63) is 11.3 Å². The van der Waals surface area contributed by atoms with Gasteiger partial charge in [0.2, 0.25) is 0 Å². The van der Waals surface area contributed by atoms with Crippen molar-refractivity contribution in [2.24, 2.45) is 38.2 Å². The van der Waals surface area contributed by atoms with E-state index < -0.39 is 18.1 Å². The van der Waals surface area contributed by atoms with Crippen LogP contribution in [0.3, 0.4) is 0 Å². The van der Waals surface area contributed by atoms with Crippen LogP contribution >= 0.6 is 0 Å². The van der Waals surface area contributed by atoms with Crippen molar-refractivity contribution in [2.45, 2.75) is 57.2 Å². The first kappa shape index (κ1) is 18.2. The highest BCUT2D eigenvalue weighted by atomic mass is 19.4. The van der Waals surface area contributed by atoms with Gasteiger partial charge in [-0.25, -0.2) is 0 Å². The summed E-state index contributed by atoms with van der Waals surface area (Å²) in [6.07, 6.45) is 2.59. The van der Waals surface area contributed by atoms with Gasteiger partial charge in [0.15, 0.2) is 5.84 Å². The van der Waals surface area contributed by atoms with Gasteiger partial charge in [-0.1, -0.05) is 18.1 Å². The van der Waals surface area contributed by atoms with Crippen molar-refractivity contribution in [3.8, 4) is 0 Å². The summed E-state index contributed by atoms with van der Waals surface area (Å²) in [5.74, 6) is 3.85. The Hall–Kier alpha value is -1.64. The van der Waals surface area contributed by atoms with E-state index in [0.717, 1.165) is 49.8 Å². The molecule has 0 bridgehead atoms. The predicted octanol–water partition coefficient (Wildman–Crippen LogP) is 2.82. The highest BCUT2D eigenvalue weighted by Gasteiger charge is 2.48. The van der Waals surface area contributed by atoms with Crippen LogP contribution in [0.25, 0.3) is 0 Å². The zero-order chi connectivity index (χ0) is 18.1. The van der Waals surface area contributed by atoms with E-state index in [1.54, 1.807) is 0 Å². The summed E-state index contributed by atoms with van der Waals surface area (Å²) in [6.45, 7) is 0.0231. The fourth-order valence-electron chi connectivity index (χ4n) is 4.51. The number of hydrogen-bond acceptors (Lipinski definition) is 4. The van der Waals surface area contributed by atoms with Crippen LogP contribution in [-0.4, -0.2) is 31.1 Å². The molecule has 5 N–H and O–H groups in total. The third-order valence-corrected chi connectivity index (χ3v) is 5.85. The van der Waals surface area contributed by atoms with E-state index in [0.29, 0.717) is 6.42 Å². The number of amidine groups is 1. The van der Waals surface area contributed by atoms with Crippen molar-refractivity contribution in [3.63, 3.8) is 0 Å². The molecule has 0 unspecified atom stereocenters. The van der Waals surface area contributed by atoms with Gasteiger partial charge in [0, 0.05) is 29.8 Å². The molecule has 140 valence electrons. The third-order valence-electron chi connectivity index (χ3n) is 5.85. The summed E-state index contributed by atoms with van der Waals surface area (Å²) >= 11 is 0. The number of alkyl halides is 3. The Bertz CT molecular complexity index is 589. The lowest BCUT2D eigenvalue weighted by Gasteiger charge is -2.35. The summed E-state index contributed by atoms with van der Waals surface area (Å²) in [4.78, 5) is 4.30. The van der Waals surface area contributed by atoms with E-state index in [1.807, 2.05) is 0 Å². The van der Waals surface area contributed by atoms with Crippen LogP contribution in [0.5, 0.6) is 0 Å². The SMILES string of the molecule is NN=NC(=N[C@H]1CNC[C@@H]1C(F)(F)F)C1=C(N)C2(CCCC2)CCC1. The molecule has 0 aromatic rings. The number of aliphatic imine (C=N–C) groups is 1. The Labute approximate surface area is 145 Å². The zero-order valence-corrected chi connectivity index (χ0v) is 14.1. The summed E-state index contributed by atoms with van der Waals surface area (Å²) in [7, 11) is 0. The van der Waals surface area contributed by atoms with Crippen LogP contribution in [0.2, 0.25) is 0 Å². The molecule has 1 aliphatic heterocycles. The summed E-state index contributed by atoms with van der Waals surface area (Å²) in [6, 6.07) is -0.928. The first-order valence-electron chi connectivity index (χ1n) is 8.83. The minimum atomic E-state index is -4.30. The Kier molecular flexibility index (Phi) is 5.04. The number of rotatable bonds is 2. The van der Waals surface area contributed by atoms with Gasteiger partial charge < -0.3 is 16.9 Å². The molecule has 1 spiro atoms. The normalized spacial score (nSPS) is 30.8. The number of nitrogens with one attached hydrogen (secondary N) is 1. The quantitative estimate of drug-likeness (QED) is 0.233. The molecule has 2 aliphatic carbocycles. The number of nitrogens with zero attached hydrogens (tertiary/aromatic N) is 3. The maximum absolute atomic E-state index is 13.2. The molecule has 3 aliphatic rings. The Morgan fingerprint density at radius 3 is 2.44 bits per heavy atom. The lowest BCUT2D eigenvalue weighted by molar-refractivity contribution is -0.171. The smallest absolute Gasteiger partial charge is 0.395 e. The summed E-state index contributed by atoms with van der Waals surface area (Å²) < 4.78 is 39.5. The molecule has 25 heavy (non-hydrogen) atoms. The van der Waals surface area contributed by atoms with Crippen LogP contribution < -0.4 is 16.9 Å². The van der Waals surface area contributed by atoms with E-state index in [4.69, 9.17) is 11.6 Å². The van der Waals surface area contributed by atoms with Gasteiger partial charge >= 0.3 is 6.18 Å². The number of halogens is 3. The third kappa shape index (κ3) is 3.51. The van der Waals surface area contributed by atoms with Crippen LogP contribution in [0, 0.1) is 11.3 Å². The minimum Gasteiger partial charge on any atom is -0.401 e. The van der Waals surface area contributed by atoms with Crippen molar-refractivity contribution < 1.29 is 13.2 Å². The molecule has 2 fully saturated rings. The number of allylic oxidation sites excluding steroid dienone is 1. The number of hydrogen-bond donors (Lipinski definition) is 3. The molecule has 3 rings (SSSR count). The Morgan fingerprint density at radius 2 is 1.80 bits per heavy atom. The van der Waals surface area contributed by atoms with Gasteiger partial charge in [0.05, 0.1) is 12.0 Å². The van der Waals surface area contributed by atoms with E-state index in [9.17, 15) is 13.2 Å². The molecule has 1 saturated heterocycles. The standard InChI is InChI=1S/C16H25F3N6/c17-16(18,19)11-8-22-9-12(11)23-14(24-25-21)10-4-3-7-15(13(10)20)5-1-2-6-15/h11-12,22H,1-9,20H2,(H2,21,23,24)/t11-,12-/m0/s1. The maximum Gasteiger partial charge on any atom is 0.395 e. The molecule has 9 heteroatoms. The van der Waals surface area contributed by atoms with E-state index >= 15 is 0 Å². The van der Waals surface area contributed by atoms with Crippen LogP contribution in [0.4, 0.5) is 13.2 Å². The van der Waals surface area contributed by atoms with Gasteiger partial charge in [-0.2, -0.15) is 13.2 Å². The van der Waals surface area contributed by atoms with Gasteiger partial charge in [0.1, 0.15) is 0 Å². The molecule has 1 saturated carbocycles. The second-order valence-corrected chi connectivity index (χ2v) is 7.28. The first-order chi connectivity index (χ1) is 11.9. The minimum absolute atomic E-state index is 0.0458. The number of nitrogens with two attached hydrogens (primary N) is 2.